The third kappa shape index (κ3) is 3.71. The van der Waals surface area contributed by atoms with Crippen LogP contribution >= 0.6 is 0 Å². The van der Waals surface area contributed by atoms with Crippen LogP contribution in [-0.4, -0.2) is 13.9 Å². The molecule has 0 heterocycles. The molecule has 0 aromatic heterocycles. The molecular formula is C15H15F3O3S. The minimum absolute atomic E-state index is 0.355. The van der Waals surface area contributed by atoms with Gasteiger partial charge in [0, 0.05) is 0 Å². The van der Waals surface area contributed by atoms with Crippen molar-refractivity contribution in [3.05, 3.63) is 42.0 Å². The lowest BCUT2D eigenvalue weighted by Crippen LogP contribution is -2.28. The largest absolute Gasteiger partial charge is 0.534 e. The second kappa shape index (κ2) is 6.16. The Morgan fingerprint density at radius 1 is 1.05 bits per heavy atom. The molecule has 0 unspecified atom stereocenters. The van der Waals surface area contributed by atoms with E-state index < -0.39 is 15.6 Å². The SMILES string of the molecule is CCCCc1ccc2cc(OS(=O)(=O)C(F)(F)F)ccc2c1. The van der Waals surface area contributed by atoms with E-state index in [1.54, 1.807) is 12.1 Å². The first-order chi connectivity index (χ1) is 10.2. The Bertz CT molecular complexity index is 767. The summed E-state index contributed by atoms with van der Waals surface area (Å²) in [6, 6.07) is 9.60. The molecule has 120 valence electrons. The van der Waals surface area contributed by atoms with Crippen LogP contribution in [0.4, 0.5) is 13.2 Å². The van der Waals surface area contributed by atoms with Crippen LogP contribution in [0.3, 0.4) is 0 Å². The average molecular weight is 332 g/mol. The Balaban J connectivity index is 2.28. The van der Waals surface area contributed by atoms with E-state index >= 15 is 0 Å². The highest BCUT2D eigenvalue weighted by molar-refractivity contribution is 7.88. The zero-order valence-corrected chi connectivity index (χ0v) is 12.7. The predicted molar refractivity (Wildman–Crippen MR) is 78.2 cm³/mol. The van der Waals surface area contributed by atoms with E-state index in [9.17, 15) is 21.6 Å². The summed E-state index contributed by atoms with van der Waals surface area (Å²) < 4.78 is 63.0. The van der Waals surface area contributed by atoms with Crippen LogP contribution in [0, 0.1) is 0 Å². The monoisotopic (exact) mass is 332 g/mol. The number of benzene rings is 2. The highest BCUT2D eigenvalue weighted by Crippen LogP contribution is 2.29. The van der Waals surface area contributed by atoms with Crippen LogP contribution in [0.25, 0.3) is 10.8 Å². The number of hydrogen-bond donors (Lipinski definition) is 0. The molecule has 0 saturated heterocycles. The van der Waals surface area contributed by atoms with Crippen molar-refractivity contribution < 1.29 is 25.8 Å². The van der Waals surface area contributed by atoms with Crippen molar-refractivity contribution in [2.75, 3.05) is 0 Å². The first-order valence-electron chi connectivity index (χ1n) is 6.76. The summed E-state index contributed by atoms with van der Waals surface area (Å²) in [6.07, 6.45) is 3.05. The van der Waals surface area contributed by atoms with Gasteiger partial charge in [0.05, 0.1) is 0 Å². The molecule has 0 amide bonds. The normalized spacial score (nSPS) is 12.5. The van der Waals surface area contributed by atoms with Gasteiger partial charge in [0.15, 0.2) is 0 Å². The third-order valence-corrected chi connectivity index (χ3v) is 4.16. The Kier molecular flexibility index (Phi) is 4.65. The number of halogens is 3. The van der Waals surface area contributed by atoms with Gasteiger partial charge in [-0.05, 0) is 41.3 Å². The summed E-state index contributed by atoms with van der Waals surface area (Å²) in [5.74, 6) is -0.355. The van der Waals surface area contributed by atoms with Crippen LogP contribution in [0.15, 0.2) is 36.4 Å². The Hall–Kier alpha value is -1.76. The minimum Gasteiger partial charge on any atom is -0.376 e. The highest BCUT2D eigenvalue weighted by atomic mass is 32.2. The molecule has 0 fully saturated rings. The molecule has 0 saturated carbocycles. The smallest absolute Gasteiger partial charge is 0.376 e. The molecule has 2 rings (SSSR count). The molecule has 2 aromatic carbocycles. The minimum atomic E-state index is -5.64. The quantitative estimate of drug-likeness (QED) is 0.602. The first kappa shape index (κ1) is 16.6. The van der Waals surface area contributed by atoms with Crippen molar-refractivity contribution in [3.63, 3.8) is 0 Å². The van der Waals surface area contributed by atoms with E-state index in [0.717, 1.165) is 30.2 Å². The average Bonchev–Trinajstić information content (AvgIpc) is 2.43. The fourth-order valence-corrected chi connectivity index (χ4v) is 2.49. The Morgan fingerprint density at radius 3 is 2.32 bits per heavy atom. The number of aryl methyl sites for hydroxylation is 1. The van der Waals surface area contributed by atoms with Crippen LogP contribution in [0.2, 0.25) is 0 Å². The van der Waals surface area contributed by atoms with Gasteiger partial charge in [-0.25, -0.2) is 0 Å². The number of fused-ring (bicyclic) bond motifs is 1. The Morgan fingerprint density at radius 2 is 1.68 bits per heavy atom. The van der Waals surface area contributed by atoms with E-state index in [4.69, 9.17) is 0 Å². The number of unbranched alkanes of at least 4 members (excludes halogenated alkanes) is 1. The van der Waals surface area contributed by atoms with E-state index in [0.29, 0.717) is 5.39 Å². The number of rotatable bonds is 5. The van der Waals surface area contributed by atoms with Gasteiger partial charge in [0.25, 0.3) is 0 Å². The zero-order chi connectivity index (χ0) is 16.4. The zero-order valence-electron chi connectivity index (χ0n) is 11.9. The number of alkyl halides is 3. The molecule has 2 aromatic rings. The molecule has 0 aliphatic rings. The lowest BCUT2D eigenvalue weighted by atomic mass is 10.0. The molecule has 0 radical (unpaired) electrons. The van der Waals surface area contributed by atoms with E-state index in [2.05, 4.69) is 11.1 Å². The standard InChI is InChI=1S/C15H15F3O3S/c1-2-3-4-11-5-6-13-10-14(8-7-12(13)9-11)21-22(19,20)15(16,17)18/h5-10H,2-4H2,1H3. The Labute approximate surface area is 126 Å². The maximum atomic E-state index is 12.3. The van der Waals surface area contributed by atoms with Crippen LogP contribution < -0.4 is 4.18 Å². The molecule has 0 N–H and O–H groups in total. The topological polar surface area (TPSA) is 43.4 Å². The molecule has 7 heteroatoms. The summed E-state index contributed by atoms with van der Waals surface area (Å²) in [7, 11) is -5.64. The molecule has 22 heavy (non-hydrogen) atoms. The highest BCUT2D eigenvalue weighted by Gasteiger charge is 2.48. The second-order valence-corrected chi connectivity index (χ2v) is 6.47. The van der Waals surface area contributed by atoms with E-state index in [1.165, 1.54) is 12.1 Å². The van der Waals surface area contributed by atoms with Crippen LogP contribution in [-0.2, 0) is 16.5 Å². The lowest BCUT2D eigenvalue weighted by Gasteiger charge is -2.10. The molecule has 0 spiro atoms. The van der Waals surface area contributed by atoms with Crippen molar-refractivity contribution in [3.8, 4) is 5.75 Å². The molecule has 0 atom stereocenters. The van der Waals surface area contributed by atoms with E-state index in [1.807, 2.05) is 12.1 Å². The van der Waals surface area contributed by atoms with Gasteiger partial charge in [0.2, 0.25) is 0 Å². The first-order valence-corrected chi connectivity index (χ1v) is 8.17. The summed E-state index contributed by atoms with van der Waals surface area (Å²) >= 11 is 0. The van der Waals surface area contributed by atoms with Crippen molar-refractivity contribution >= 4 is 20.9 Å². The van der Waals surface area contributed by atoms with Crippen molar-refractivity contribution in [1.29, 1.82) is 0 Å². The van der Waals surface area contributed by atoms with Gasteiger partial charge in [-0.1, -0.05) is 37.6 Å². The van der Waals surface area contributed by atoms with Crippen LogP contribution in [0.1, 0.15) is 25.3 Å². The van der Waals surface area contributed by atoms with Gasteiger partial charge in [-0.3, -0.25) is 0 Å². The molecule has 0 bridgehead atoms. The fourth-order valence-electron chi connectivity index (χ4n) is 2.04. The third-order valence-electron chi connectivity index (χ3n) is 3.18. The maximum Gasteiger partial charge on any atom is 0.534 e. The molecular weight excluding hydrogens is 317 g/mol. The van der Waals surface area contributed by atoms with Crippen LogP contribution in [0.5, 0.6) is 5.75 Å². The van der Waals surface area contributed by atoms with Gasteiger partial charge < -0.3 is 4.18 Å². The maximum absolute atomic E-state index is 12.3. The summed E-state index contributed by atoms with van der Waals surface area (Å²) in [4.78, 5) is 0. The summed E-state index contributed by atoms with van der Waals surface area (Å²) in [6.45, 7) is 2.09. The number of hydrogen-bond acceptors (Lipinski definition) is 3. The van der Waals surface area contributed by atoms with E-state index in [-0.39, 0.29) is 5.75 Å². The fraction of sp³-hybridized carbons (Fsp3) is 0.333. The summed E-state index contributed by atoms with van der Waals surface area (Å²) in [5, 5.41) is 1.44. The molecule has 3 nitrogen and oxygen atoms in total. The van der Waals surface area contributed by atoms with Gasteiger partial charge in [-0.2, -0.15) is 21.6 Å². The molecule has 0 aliphatic carbocycles. The predicted octanol–water partition coefficient (Wildman–Crippen LogP) is 4.41. The van der Waals surface area contributed by atoms with Gasteiger partial charge >= 0.3 is 15.6 Å². The van der Waals surface area contributed by atoms with Gasteiger partial charge in [0.1, 0.15) is 5.75 Å². The summed E-state index contributed by atoms with van der Waals surface area (Å²) in [5.41, 5.74) is -4.31. The lowest BCUT2D eigenvalue weighted by molar-refractivity contribution is -0.0500. The second-order valence-electron chi connectivity index (χ2n) is 4.93. The van der Waals surface area contributed by atoms with Crippen molar-refractivity contribution in [2.45, 2.75) is 31.7 Å². The molecule has 0 aliphatic heterocycles. The van der Waals surface area contributed by atoms with Crippen molar-refractivity contribution in [1.82, 2.24) is 0 Å². The van der Waals surface area contributed by atoms with Crippen molar-refractivity contribution in [2.24, 2.45) is 0 Å². The van der Waals surface area contributed by atoms with Gasteiger partial charge in [-0.15, -0.1) is 0 Å².